The molecule has 0 saturated heterocycles. The fraction of sp³-hybridized carbons (Fsp3) is 0.316. The number of nitrogens with zero attached hydrogens (tertiary/aromatic N) is 3. The van der Waals surface area contributed by atoms with Crippen LogP contribution in [0.1, 0.15) is 34.6 Å². The van der Waals surface area contributed by atoms with Crippen LogP contribution in [0.5, 0.6) is 0 Å². The normalized spacial score (nSPS) is 14.0. The van der Waals surface area contributed by atoms with Gasteiger partial charge in [-0.05, 0) is 31.4 Å². The smallest absolute Gasteiger partial charge is 0.341 e. The number of esters is 1. The SMILES string of the molecule is COC(=O)c1c(CNS(=O)(=O)c2cccc3c(Cl)ccnc23)nn2c1CCCC2. The largest absolute Gasteiger partial charge is 0.465 e. The van der Waals surface area contributed by atoms with Crippen LogP contribution >= 0.6 is 11.6 Å². The molecule has 1 N–H and O–H groups in total. The second-order valence-electron chi connectivity index (χ2n) is 6.71. The van der Waals surface area contributed by atoms with Gasteiger partial charge in [0.05, 0.1) is 35.6 Å². The van der Waals surface area contributed by atoms with Crippen LogP contribution < -0.4 is 4.72 Å². The predicted octanol–water partition coefficient (Wildman–Crippen LogP) is 2.69. The van der Waals surface area contributed by atoms with E-state index in [1.54, 1.807) is 22.9 Å². The fourth-order valence-corrected chi connectivity index (χ4v) is 4.95. The maximum atomic E-state index is 13.0. The van der Waals surface area contributed by atoms with Crippen LogP contribution in [0.15, 0.2) is 35.4 Å². The van der Waals surface area contributed by atoms with Gasteiger partial charge in [-0.2, -0.15) is 5.10 Å². The summed E-state index contributed by atoms with van der Waals surface area (Å²) in [4.78, 5) is 16.5. The van der Waals surface area contributed by atoms with Crippen molar-refractivity contribution in [2.24, 2.45) is 0 Å². The molecule has 0 amide bonds. The van der Waals surface area contributed by atoms with E-state index in [1.807, 2.05) is 0 Å². The maximum Gasteiger partial charge on any atom is 0.341 e. The van der Waals surface area contributed by atoms with Gasteiger partial charge in [-0.1, -0.05) is 23.7 Å². The Bertz CT molecular complexity index is 1210. The van der Waals surface area contributed by atoms with Gasteiger partial charge in [-0.3, -0.25) is 9.67 Å². The molecule has 8 nitrogen and oxygen atoms in total. The van der Waals surface area contributed by atoms with E-state index in [4.69, 9.17) is 16.3 Å². The highest BCUT2D eigenvalue weighted by Gasteiger charge is 2.27. The van der Waals surface area contributed by atoms with E-state index >= 15 is 0 Å². The summed E-state index contributed by atoms with van der Waals surface area (Å²) >= 11 is 6.16. The molecule has 0 spiro atoms. The van der Waals surface area contributed by atoms with Crippen molar-refractivity contribution < 1.29 is 17.9 Å². The van der Waals surface area contributed by atoms with Crippen molar-refractivity contribution in [3.05, 3.63) is 52.4 Å². The van der Waals surface area contributed by atoms with Gasteiger partial charge in [0.1, 0.15) is 10.5 Å². The van der Waals surface area contributed by atoms with Crippen LogP contribution in [0.4, 0.5) is 0 Å². The van der Waals surface area contributed by atoms with E-state index in [-0.39, 0.29) is 17.0 Å². The molecule has 4 rings (SSSR count). The molecule has 0 aliphatic carbocycles. The lowest BCUT2D eigenvalue weighted by molar-refractivity contribution is 0.0597. The van der Waals surface area contributed by atoms with Crippen LogP contribution in [-0.2, 0) is 34.3 Å². The van der Waals surface area contributed by atoms with Crippen molar-refractivity contribution in [2.75, 3.05) is 7.11 Å². The number of aryl methyl sites for hydroxylation is 1. The van der Waals surface area contributed by atoms with Crippen molar-refractivity contribution in [3.8, 4) is 0 Å². The lowest BCUT2D eigenvalue weighted by atomic mass is 10.0. The van der Waals surface area contributed by atoms with Gasteiger partial charge >= 0.3 is 5.97 Å². The molecule has 0 bridgehead atoms. The molecular formula is C19H19ClN4O4S. The fourth-order valence-electron chi connectivity index (χ4n) is 3.58. The van der Waals surface area contributed by atoms with E-state index in [1.165, 1.54) is 19.4 Å². The Morgan fingerprint density at radius 2 is 2.14 bits per heavy atom. The molecule has 1 aromatic carbocycles. The van der Waals surface area contributed by atoms with Crippen LogP contribution in [0.25, 0.3) is 10.9 Å². The number of fused-ring (bicyclic) bond motifs is 2. The second kappa shape index (κ2) is 7.74. The van der Waals surface area contributed by atoms with Gasteiger partial charge in [0.25, 0.3) is 0 Å². The van der Waals surface area contributed by atoms with Gasteiger partial charge in [0, 0.05) is 18.1 Å². The monoisotopic (exact) mass is 434 g/mol. The second-order valence-corrected chi connectivity index (χ2v) is 8.85. The highest BCUT2D eigenvalue weighted by molar-refractivity contribution is 7.89. The summed E-state index contributed by atoms with van der Waals surface area (Å²) in [6.07, 6.45) is 4.07. The zero-order chi connectivity index (χ0) is 20.6. The number of rotatable bonds is 5. The minimum absolute atomic E-state index is 0.0149. The zero-order valence-electron chi connectivity index (χ0n) is 15.7. The molecule has 0 saturated carbocycles. The molecular weight excluding hydrogens is 416 g/mol. The number of carbonyl (C=O) groups is 1. The number of carbonyl (C=O) groups excluding carboxylic acids is 1. The summed E-state index contributed by atoms with van der Waals surface area (Å²) in [7, 11) is -2.62. The van der Waals surface area contributed by atoms with E-state index in [0.29, 0.717) is 34.6 Å². The number of aromatic nitrogens is 3. The summed E-state index contributed by atoms with van der Waals surface area (Å²) in [5, 5.41) is 5.41. The lowest BCUT2D eigenvalue weighted by Gasteiger charge is -2.13. The van der Waals surface area contributed by atoms with Gasteiger partial charge in [0.2, 0.25) is 10.0 Å². The molecule has 0 radical (unpaired) electrons. The third-order valence-corrected chi connectivity index (χ3v) is 6.72. The third kappa shape index (κ3) is 3.61. The van der Waals surface area contributed by atoms with Gasteiger partial charge in [-0.25, -0.2) is 17.9 Å². The molecule has 152 valence electrons. The van der Waals surface area contributed by atoms with E-state index in [2.05, 4.69) is 14.8 Å². The Morgan fingerprint density at radius 3 is 2.93 bits per heavy atom. The Balaban J connectivity index is 1.69. The standard InChI is InChI=1S/C19H19ClN4O4S/c1-28-19(25)17-14(23-24-10-3-2-6-15(17)24)11-22-29(26,27)16-7-4-5-12-13(20)8-9-21-18(12)16/h4-5,7-9,22H,2-3,6,10-11H2,1H3. The Hall–Kier alpha value is -2.49. The highest BCUT2D eigenvalue weighted by atomic mass is 35.5. The van der Waals surface area contributed by atoms with Crippen LogP contribution in [0, 0.1) is 0 Å². The van der Waals surface area contributed by atoms with E-state index < -0.39 is 16.0 Å². The summed E-state index contributed by atoms with van der Waals surface area (Å²) < 4.78 is 35.2. The molecule has 0 fully saturated rings. The number of hydrogen-bond donors (Lipinski definition) is 1. The Labute approximate surface area is 172 Å². The lowest BCUT2D eigenvalue weighted by Crippen LogP contribution is -2.25. The van der Waals surface area contributed by atoms with Crippen molar-refractivity contribution >= 4 is 38.5 Å². The number of methoxy groups -OCH3 is 1. The molecule has 0 atom stereocenters. The van der Waals surface area contributed by atoms with Gasteiger partial charge < -0.3 is 4.74 Å². The van der Waals surface area contributed by atoms with Gasteiger partial charge in [0.15, 0.2) is 0 Å². The Kier molecular flexibility index (Phi) is 5.28. The first-order valence-electron chi connectivity index (χ1n) is 9.12. The molecule has 1 aliphatic rings. The first-order valence-corrected chi connectivity index (χ1v) is 11.0. The number of benzene rings is 1. The van der Waals surface area contributed by atoms with Crippen molar-refractivity contribution in [1.82, 2.24) is 19.5 Å². The quantitative estimate of drug-likeness (QED) is 0.619. The van der Waals surface area contributed by atoms with Crippen molar-refractivity contribution in [2.45, 2.75) is 37.2 Å². The van der Waals surface area contributed by atoms with Crippen LogP contribution in [0.2, 0.25) is 5.02 Å². The molecule has 2 aromatic heterocycles. The number of para-hydroxylation sites is 1. The number of halogens is 1. The van der Waals surface area contributed by atoms with E-state index in [9.17, 15) is 13.2 Å². The average molecular weight is 435 g/mol. The Morgan fingerprint density at radius 1 is 1.31 bits per heavy atom. The average Bonchev–Trinajstić information content (AvgIpc) is 3.10. The highest BCUT2D eigenvalue weighted by Crippen LogP contribution is 2.27. The number of sulfonamides is 1. The predicted molar refractivity (Wildman–Crippen MR) is 107 cm³/mol. The summed E-state index contributed by atoms with van der Waals surface area (Å²) in [5.41, 5.74) is 1.76. The number of ether oxygens (including phenoxy) is 1. The van der Waals surface area contributed by atoms with Crippen molar-refractivity contribution in [1.29, 1.82) is 0 Å². The summed E-state index contributed by atoms with van der Waals surface area (Å²) in [6.45, 7) is 0.557. The number of hydrogen-bond acceptors (Lipinski definition) is 6. The number of pyridine rings is 1. The molecule has 29 heavy (non-hydrogen) atoms. The molecule has 10 heteroatoms. The minimum Gasteiger partial charge on any atom is -0.465 e. The zero-order valence-corrected chi connectivity index (χ0v) is 17.3. The van der Waals surface area contributed by atoms with Gasteiger partial charge in [-0.15, -0.1) is 0 Å². The molecule has 3 aromatic rings. The summed E-state index contributed by atoms with van der Waals surface area (Å²) in [5.74, 6) is -0.513. The third-order valence-electron chi connectivity index (χ3n) is 4.95. The first kappa shape index (κ1) is 19.8. The van der Waals surface area contributed by atoms with E-state index in [0.717, 1.165) is 18.5 Å². The number of nitrogens with one attached hydrogen (secondary N) is 1. The summed E-state index contributed by atoms with van der Waals surface area (Å²) in [6, 6.07) is 6.39. The first-order chi connectivity index (χ1) is 13.9. The van der Waals surface area contributed by atoms with Crippen LogP contribution in [-0.4, -0.2) is 36.3 Å². The van der Waals surface area contributed by atoms with Crippen molar-refractivity contribution in [3.63, 3.8) is 0 Å². The molecule has 0 unspecified atom stereocenters. The maximum absolute atomic E-state index is 13.0. The topological polar surface area (TPSA) is 103 Å². The minimum atomic E-state index is -3.92. The van der Waals surface area contributed by atoms with Crippen LogP contribution in [0.3, 0.4) is 0 Å². The molecule has 3 heterocycles. The molecule has 1 aliphatic heterocycles.